The fourth-order valence-electron chi connectivity index (χ4n) is 4.06. The molecule has 1 unspecified atom stereocenters. The average Bonchev–Trinajstić information content (AvgIpc) is 2.98. The Morgan fingerprint density at radius 2 is 1.72 bits per heavy atom. The lowest BCUT2D eigenvalue weighted by atomic mass is 9.82. The van der Waals surface area contributed by atoms with Gasteiger partial charge >= 0.3 is 5.97 Å². The van der Waals surface area contributed by atoms with Crippen LogP contribution in [0.2, 0.25) is 0 Å². The van der Waals surface area contributed by atoms with Crippen LogP contribution in [0.25, 0.3) is 6.08 Å². The van der Waals surface area contributed by atoms with Gasteiger partial charge in [0, 0.05) is 6.42 Å². The highest BCUT2D eigenvalue weighted by Gasteiger charge is 2.48. The standard InChI is InChI=1S/C25H36O4/c1-21(18-24(2)20-25(3,29-28-24)19-23(26)27-4)14-10-7-5-6-8-11-15-22-16-12-9-13-17-22/h5,7,9,11-13,15-17,21H,6,8,10,14,18-20H2,1-4H3/b7-5+,15-11+/t21?,24-,25-/m1/s1. The lowest BCUT2D eigenvalue weighted by molar-refractivity contribution is -0.346. The fourth-order valence-corrected chi connectivity index (χ4v) is 4.06. The summed E-state index contributed by atoms with van der Waals surface area (Å²) in [6.07, 6.45) is 15.1. The first-order valence-electron chi connectivity index (χ1n) is 10.6. The number of carbonyl (C=O) groups is 1. The van der Waals surface area contributed by atoms with Crippen LogP contribution in [0, 0.1) is 5.92 Å². The van der Waals surface area contributed by atoms with Crippen LogP contribution in [0.5, 0.6) is 0 Å². The fraction of sp³-hybridized carbons (Fsp3) is 0.560. The van der Waals surface area contributed by atoms with Gasteiger partial charge in [-0.3, -0.25) is 4.79 Å². The molecular weight excluding hydrogens is 364 g/mol. The molecule has 0 amide bonds. The average molecular weight is 401 g/mol. The minimum Gasteiger partial charge on any atom is -0.469 e. The van der Waals surface area contributed by atoms with Crippen LogP contribution >= 0.6 is 0 Å². The summed E-state index contributed by atoms with van der Waals surface area (Å²) in [6, 6.07) is 10.4. The maximum absolute atomic E-state index is 11.6. The third-order valence-electron chi connectivity index (χ3n) is 5.32. The minimum absolute atomic E-state index is 0.217. The summed E-state index contributed by atoms with van der Waals surface area (Å²) in [5.41, 5.74) is 0.294. The van der Waals surface area contributed by atoms with Crippen molar-refractivity contribution in [3.63, 3.8) is 0 Å². The van der Waals surface area contributed by atoms with Gasteiger partial charge in [0.2, 0.25) is 0 Å². The number of carbonyl (C=O) groups excluding carboxylic acids is 1. The van der Waals surface area contributed by atoms with Crippen molar-refractivity contribution in [2.45, 2.75) is 76.9 Å². The first-order valence-corrected chi connectivity index (χ1v) is 10.6. The van der Waals surface area contributed by atoms with E-state index in [0.717, 1.165) is 32.1 Å². The monoisotopic (exact) mass is 400 g/mol. The zero-order valence-electron chi connectivity index (χ0n) is 18.4. The van der Waals surface area contributed by atoms with Crippen LogP contribution in [-0.4, -0.2) is 24.3 Å². The molecule has 3 atom stereocenters. The molecule has 0 N–H and O–H groups in total. The summed E-state index contributed by atoms with van der Waals surface area (Å²) in [5, 5.41) is 0. The molecule has 0 aliphatic carbocycles. The summed E-state index contributed by atoms with van der Waals surface area (Å²) in [4.78, 5) is 22.7. The molecule has 1 aromatic carbocycles. The van der Waals surface area contributed by atoms with E-state index in [2.05, 4.69) is 62.4 Å². The van der Waals surface area contributed by atoms with Gasteiger partial charge in [-0.15, -0.1) is 0 Å². The van der Waals surface area contributed by atoms with Gasteiger partial charge in [-0.25, -0.2) is 9.78 Å². The molecule has 0 bridgehead atoms. The quantitative estimate of drug-likeness (QED) is 0.190. The second-order valence-electron chi connectivity index (χ2n) is 8.74. The molecule has 29 heavy (non-hydrogen) atoms. The van der Waals surface area contributed by atoms with E-state index >= 15 is 0 Å². The lowest BCUT2D eigenvalue weighted by Gasteiger charge is -2.25. The summed E-state index contributed by atoms with van der Waals surface area (Å²) < 4.78 is 4.76. The molecule has 0 aromatic heterocycles. The summed E-state index contributed by atoms with van der Waals surface area (Å²) in [7, 11) is 1.40. The van der Waals surface area contributed by atoms with Crippen molar-refractivity contribution < 1.29 is 19.3 Å². The third kappa shape index (κ3) is 8.55. The largest absolute Gasteiger partial charge is 0.469 e. The number of benzene rings is 1. The van der Waals surface area contributed by atoms with Gasteiger partial charge in [-0.1, -0.05) is 61.6 Å². The van der Waals surface area contributed by atoms with Crippen molar-refractivity contribution in [2.75, 3.05) is 7.11 Å². The zero-order chi connectivity index (χ0) is 21.2. The molecule has 1 aromatic rings. The van der Waals surface area contributed by atoms with E-state index in [0.29, 0.717) is 12.3 Å². The number of allylic oxidation sites excluding steroid dienone is 3. The van der Waals surface area contributed by atoms with Crippen molar-refractivity contribution in [1.82, 2.24) is 0 Å². The van der Waals surface area contributed by atoms with E-state index in [9.17, 15) is 4.79 Å². The van der Waals surface area contributed by atoms with Crippen molar-refractivity contribution in [3.05, 3.63) is 54.1 Å². The van der Waals surface area contributed by atoms with E-state index in [1.54, 1.807) is 0 Å². The number of hydrogen-bond donors (Lipinski definition) is 0. The van der Waals surface area contributed by atoms with Gasteiger partial charge in [0.1, 0.15) is 11.2 Å². The van der Waals surface area contributed by atoms with E-state index in [1.807, 2.05) is 13.0 Å². The van der Waals surface area contributed by atoms with Crippen LogP contribution in [0.1, 0.15) is 71.3 Å². The van der Waals surface area contributed by atoms with Gasteiger partial charge in [0.05, 0.1) is 13.5 Å². The molecule has 1 saturated heterocycles. The number of ether oxygens (including phenoxy) is 1. The van der Waals surface area contributed by atoms with Crippen molar-refractivity contribution in [3.8, 4) is 0 Å². The Morgan fingerprint density at radius 3 is 2.45 bits per heavy atom. The Balaban J connectivity index is 1.63. The minimum atomic E-state index is -0.602. The molecule has 4 nitrogen and oxygen atoms in total. The number of rotatable bonds is 11. The number of hydrogen-bond acceptors (Lipinski definition) is 4. The molecule has 1 aliphatic rings. The highest BCUT2D eigenvalue weighted by atomic mass is 17.2. The van der Waals surface area contributed by atoms with Gasteiger partial charge in [0.15, 0.2) is 0 Å². The molecule has 1 aliphatic heterocycles. The maximum Gasteiger partial charge on any atom is 0.308 e. The molecule has 1 fully saturated rings. The van der Waals surface area contributed by atoms with Crippen LogP contribution in [0.4, 0.5) is 0 Å². The molecule has 2 rings (SSSR count). The first-order chi connectivity index (χ1) is 13.8. The van der Waals surface area contributed by atoms with E-state index < -0.39 is 5.60 Å². The summed E-state index contributed by atoms with van der Waals surface area (Å²) in [6.45, 7) is 6.23. The first kappa shape index (κ1) is 23.4. The SMILES string of the molecule is COC(=O)C[C@]1(C)C[C@@](C)(CC(C)CC/C=C/CC/C=C/c2ccccc2)OO1. The van der Waals surface area contributed by atoms with Gasteiger partial charge in [-0.2, -0.15) is 0 Å². The topological polar surface area (TPSA) is 44.8 Å². The van der Waals surface area contributed by atoms with E-state index in [1.165, 1.54) is 12.7 Å². The molecular formula is C25H36O4. The lowest BCUT2D eigenvalue weighted by Crippen LogP contribution is -2.32. The second-order valence-corrected chi connectivity index (χ2v) is 8.74. The van der Waals surface area contributed by atoms with Gasteiger partial charge < -0.3 is 4.74 Å². The summed E-state index contributed by atoms with van der Waals surface area (Å²) in [5.74, 6) is 0.254. The Morgan fingerprint density at radius 1 is 1.07 bits per heavy atom. The normalized spacial score (nSPS) is 25.7. The smallest absolute Gasteiger partial charge is 0.308 e. The van der Waals surface area contributed by atoms with Gasteiger partial charge in [0.25, 0.3) is 0 Å². The second kappa shape index (κ2) is 11.3. The van der Waals surface area contributed by atoms with Crippen LogP contribution < -0.4 is 0 Å². The molecule has 4 heteroatoms. The zero-order valence-corrected chi connectivity index (χ0v) is 18.4. The van der Waals surface area contributed by atoms with Crippen LogP contribution in [0.15, 0.2) is 48.6 Å². The van der Waals surface area contributed by atoms with E-state index in [-0.39, 0.29) is 18.0 Å². The highest BCUT2D eigenvalue weighted by molar-refractivity contribution is 5.70. The molecule has 1 heterocycles. The van der Waals surface area contributed by atoms with E-state index in [4.69, 9.17) is 14.5 Å². The molecule has 160 valence electrons. The van der Waals surface area contributed by atoms with Crippen molar-refractivity contribution in [2.24, 2.45) is 5.92 Å². The predicted octanol–water partition coefficient (Wildman–Crippen LogP) is 6.28. The Kier molecular flexibility index (Phi) is 9.12. The van der Waals surface area contributed by atoms with Crippen LogP contribution in [0.3, 0.4) is 0 Å². The predicted molar refractivity (Wildman–Crippen MR) is 117 cm³/mol. The number of methoxy groups -OCH3 is 1. The Hall–Kier alpha value is -1.91. The van der Waals surface area contributed by atoms with Crippen LogP contribution in [-0.2, 0) is 19.3 Å². The molecule has 0 radical (unpaired) electrons. The van der Waals surface area contributed by atoms with Gasteiger partial charge in [-0.05, 0) is 57.4 Å². The van der Waals surface area contributed by atoms with Crippen molar-refractivity contribution >= 4 is 12.0 Å². The summed E-state index contributed by atoms with van der Waals surface area (Å²) >= 11 is 0. The Labute approximate surface area is 175 Å². The number of unbranched alkanes of at least 4 members (excludes halogenated alkanes) is 1. The molecule has 0 saturated carbocycles. The van der Waals surface area contributed by atoms with Crippen molar-refractivity contribution in [1.29, 1.82) is 0 Å². The highest BCUT2D eigenvalue weighted by Crippen LogP contribution is 2.42. The molecule has 0 spiro atoms. The Bertz CT molecular complexity index is 681. The third-order valence-corrected chi connectivity index (χ3v) is 5.32. The number of esters is 1. The maximum atomic E-state index is 11.6.